The molecular formula is C16H14FNO4. The number of carboxylic acid groups (broad SMARTS) is 1. The lowest BCUT2D eigenvalue weighted by molar-refractivity contribution is -0.142. The van der Waals surface area contributed by atoms with Crippen LogP contribution in [0.2, 0.25) is 0 Å². The van der Waals surface area contributed by atoms with Crippen LogP contribution in [0.3, 0.4) is 0 Å². The summed E-state index contributed by atoms with van der Waals surface area (Å²) in [5.74, 6) is -3.08. The Hall–Kier alpha value is -2.73. The fourth-order valence-electron chi connectivity index (χ4n) is 1.98. The molecule has 0 saturated carbocycles. The standard InChI is InChI=1S/C16H14FNO4/c17-12-9-5-4-8-11(12)15(20)18-13(16(21)22)14(19)10-6-2-1-3-7-10/h1-9,13-14,19H,(H,18,20)(H,21,22). The van der Waals surface area contributed by atoms with E-state index in [1.165, 1.54) is 30.3 Å². The van der Waals surface area contributed by atoms with Crippen LogP contribution in [0.1, 0.15) is 22.0 Å². The Morgan fingerprint density at radius 1 is 1.00 bits per heavy atom. The van der Waals surface area contributed by atoms with Crippen molar-refractivity contribution < 1.29 is 24.2 Å². The number of carbonyl (C=O) groups is 2. The van der Waals surface area contributed by atoms with E-state index < -0.39 is 29.8 Å². The molecule has 2 rings (SSSR count). The Balaban J connectivity index is 2.21. The van der Waals surface area contributed by atoms with Crippen LogP contribution in [0.5, 0.6) is 0 Å². The molecule has 0 aliphatic carbocycles. The molecule has 6 heteroatoms. The smallest absolute Gasteiger partial charge is 0.329 e. The molecule has 114 valence electrons. The first-order chi connectivity index (χ1) is 10.5. The Morgan fingerprint density at radius 3 is 2.18 bits per heavy atom. The molecule has 2 atom stereocenters. The Bertz CT molecular complexity index is 675. The minimum absolute atomic E-state index is 0.283. The summed E-state index contributed by atoms with van der Waals surface area (Å²) in [6.07, 6.45) is -1.45. The van der Waals surface area contributed by atoms with Crippen molar-refractivity contribution >= 4 is 11.9 Å². The largest absolute Gasteiger partial charge is 0.480 e. The van der Waals surface area contributed by atoms with E-state index in [1.807, 2.05) is 0 Å². The number of halogens is 1. The normalized spacial score (nSPS) is 13.2. The van der Waals surface area contributed by atoms with Gasteiger partial charge in [0, 0.05) is 0 Å². The van der Waals surface area contributed by atoms with Gasteiger partial charge in [-0.05, 0) is 17.7 Å². The molecule has 0 saturated heterocycles. The summed E-state index contributed by atoms with van der Waals surface area (Å²) in [6.45, 7) is 0. The lowest BCUT2D eigenvalue weighted by Gasteiger charge is -2.21. The first-order valence-electron chi connectivity index (χ1n) is 6.52. The number of aliphatic carboxylic acids is 1. The second-order valence-electron chi connectivity index (χ2n) is 4.62. The van der Waals surface area contributed by atoms with Crippen molar-refractivity contribution in [1.29, 1.82) is 0 Å². The summed E-state index contributed by atoms with van der Waals surface area (Å²) in [4.78, 5) is 23.3. The highest BCUT2D eigenvalue weighted by molar-refractivity contribution is 5.97. The van der Waals surface area contributed by atoms with Gasteiger partial charge in [-0.2, -0.15) is 0 Å². The average molecular weight is 303 g/mol. The third-order valence-electron chi connectivity index (χ3n) is 3.13. The Labute approximate surface area is 126 Å². The van der Waals surface area contributed by atoms with Gasteiger partial charge < -0.3 is 15.5 Å². The van der Waals surface area contributed by atoms with Gasteiger partial charge in [-0.25, -0.2) is 9.18 Å². The van der Waals surface area contributed by atoms with Crippen LogP contribution in [0.25, 0.3) is 0 Å². The maximum atomic E-state index is 13.5. The van der Waals surface area contributed by atoms with Crippen LogP contribution < -0.4 is 5.32 Å². The predicted octanol–water partition coefficient (Wildman–Crippen LogP) is 1.74. The molecule has 0 aliphatic heterocycles. The van der Waals surface area contributed by atoms with Crippen molar-refractivity contribution in [1.82, 2.24) is 5.32 Å². The number of rotatable bonds is 5. The number of nitrogens with one attached hydrogen (secondary N) is 1. The predicted molar refractivity (Wildman–Crippen MR) is 76.7 cm³/mol. The highest BCUT2D eigenvalue weighted by Crippen LogP contribution is 2.17. The van der Waals surface area contributed by atoms with Gasteiger partial charge in [0.2, 0.25) is 0 Å². The van der Waals surface area contributed by atoms with E-state index in [-0.39, 0.29) is 5.56 Å². The Morgan fingerprint density at radius 2 is 1.59 bits per heavy atom. The number of carbonyl (C=O) groups excluding carboxylic acids is 1. The van der Waals surface area contributed by atoms with Crippen molar-refractivity contribution in [2.24, 2.45) is 0 Å². The summed E-state index contributed by atoms with van der Waals surface area (Å²) in [5.41, 5.74) is 0.0535. The van der Waals surface area contributed by atoms with Crippen LogP contribution in [-0.2, 0) is 4.79 Å². The maximum Gasteiger partial charge on any atom is 0.329 e. The summed E-state index contributed by atoms with van der Waals surface area (Å²) >= 11 is 0. The van der Waals surface area contributed by atoms with Crippen LogP contribution in [0.15, 0.2) is 54.6 Å². The van der Waals surface area contributed by atoms with Crippen molar-refractivity contribution in [2.75, 3.05) is 0 Å². The molecule has 2 unspecified atom stereocenters. The molecule has 0 heterocycles. The van der Waals surface area contributed by atoms with E-state index in [0.29, 0.717) is 5.56 Å². The molecule has 5 nitrogen and oxygen atoms in total. The van der Waals surface area contributed by atoms with Crippen molar-refractivity contribution in [2.45, 2.75) is 12.1 Å². The fraction of sp³-hybridized carbons (Fsp3) is 0.125. The molecule has 0 aromatic heterocycles. The first kappa shape index (κ1) is 15.7. The zero-order chi connectivity index (χ0) is 16.1. The van der Waals surface area contributed by atoms with Crippen LogP contribution in [0.4, 0.5) is 4.39 Å². The van der Waals surface area contributed by atoms with Crippen LogP contribution in [0, 0.1) is 5.82 Å². The van der Waals surface area contributed by atoms with Gasteiger partial charge in [-0.1, -0.05) is 42.5 Å². The summed E-state index contributed by atoms with van der Waals surface area (Å²) in [5, 5.41) is 21.5. The quantitative estimate of drug-likeness (QED) is 0.785. The number of benzene rings is 2. The lowest BCUT2D eigenvalue weighted by Crippen LogP contribution is -2.45. The number of hydrogen-bond acceptors (Lipinski definition) is 3. The number of amides is 1. The molecule has 0 aliphatic rings. The maximum absolute atomic E-state index is 13.5. The van der Waals surface area contributed by atoms with E-state index in [9.17, 15) is 24.2 Å². The SMILES string of the molecule is O=C(NC(C(=O)O)C(O)c1ccccc1)c1ccccc1F. The van der Waals surface area contributed by atoms with Crippen molar-refractivity contribution in [3.63, 3.8) is 0 Å². The molecule has 1 amide bonds. The minimum Gasteiger partial charge on any atom is -0.480 e. The molecule has 0 fully saturated rings. The molecule has 22 heavy (non-hydrogen) atoms. The summed E-state index contributed by atoms with van der Waals surface area (Å²) < 4.78 is 13.5. The van der Waals surface area contributed by atoms with E-state index in [2.05, 4.69) is 5.32 Å². The molecule has 2 aromatic rings. The monoisotopic (exact) mass is 303 g/mol. The van der Waals surface area contributed by atoms with E-state index in [1.54, 1.807) is 18.2 Å². The van der Waals surface area contributed by atoms with Crippen LogP contribution in [-0.4, -0.2) is 28.1 Å². The molecule has 3 N–H and O–H groups in total. The van der Waals surface area contributed by atoms with Gasteiger partial charge in [0.05, 0.1) is 5.56 Å². The second-order valence-corrected chi connectivity index (χ2v) is 4.62. The molecular weight excluding hydrogens is 289 g/mol. The third-order valence-corrected chi connectivity index (χ3v) is 3.13. The second kappa shape index (κ2) is 6.82. The van der Waals surface area contributed by atoms with Crippen molar-refractivity contribution in [3.8, 4) is 0 Å². The first-order valence-corrected chi connectivity index (χ1v) is 6.52. The number of carboxylic acids is 1. The van der Waals surface area contributed by atoms with Crippen LogP contribution >= 0.6 is 0 Å². The topological polar surface area (TPSA) is 86.6 Å². The van der Waals surface area contributed by atoms with Gasteiger partial charge in [0.1, 0.15) is 11.9 Å². The van der Waals surface area contributed by atoms with Gasteiger partial charge in [-0.3, -0.25) is 4.79 Å². The van der Waals surface area contributed by atoms with E-state index >= 15 is 0 Å². The molecule has 2 aromatic carbocycles. The molecule has 0 radical (unpaired) electrons. The number of hydrogen-bond donors (Lipinski definition) is 3. The molecule has 0 bridgehead atoms. The summed E-state index contributed by atoms with van der Waals surface area (Å²) in [6, 6.07) is 11.7. The van der Waals surface area contributed by atoms with Gasteiger partial charge in [-0.15, -0.1) is 0 Å². The van der Waals surface area contributed by atoms with Crippen molar-refractivity contribution in [3.05, 3.63) is 71.5 Å². The zero-order valence-corrected chi connectivity index (χ0v) is 11.4. The number of aliphatic hydroxyl groups excluding tert-OH is 1. The lowest BCUT2D eigenvalue weighted by atomic mass is 10.0. The highest BCUT2D eigenvalue weighted by atomic mass is 19.1. The highest BCUT2D eigenvalue weighted by Gasteiger charge is 2.30. The van der Waals surface area contributed by atoms with E-state index in [0.717, 1.165) is 6.07 Å². The third kappa shape index (κ3) is 3.48. The summed E-state index contributed by atoms with van der Waals surface area (Å²) in [7, 11) is 0. The fourth-order valence-corrected chi connectivity index (χ4v) is 1.98. The van der Waals surface area contributed by atoms with Gasteiger partial charge >= 0.3 is 5.97 Å². The van der Waals surface area contributed by atoms with Gasteiger partial charge in [0.25, 0.3) is 5.91 Å². The molecule has 0 spiro atoms. The average Bonchev–Trinajstić information content (AvgIpc) is 2.52. The minimum atomic E-state index is -1.59. The van der Waals surface area contributed by atoms with Gasteiger partial charge in [0.15, 0.2) is 6.04 Å². The zero-order valence-electron chi connectivity index (χ0n) is 11.4. The number of aliphatic hydroxyl groups is 1. The van der Waals surface area contributed by atoms with E-state index in [4.69, 9.17) is 0 Å². The Kier molecular flexibility index (Phi) is 4.85.